The van der Waals surface area contributed by atoms with E-state index in [1.807, 2.05) is 43.3 Å². The van der Waals surface area contributed by atoms with Crippen LogP contribution in [0.2, 0.25) is 5.02 Å². The van der Waals surface area contributed by atoms with Gasteiger partial charge in [0.25, 0.3) is 5.91 Å². The van der Waals surface area contributed by atoms with Gasteiger partial charge in [-0.1, -0.05) is 29.8 Å². The fourth-order valence-corrected chi connectivity index (χ4v) is 3.71. The number of hydrogen-bond donors (Lipinski definition) is 2. The number of nitrogens with one attached hydrogen (secondary N) is 1. The van der Waals surface area contributed by atoms with Crippen LogP contribution in [-0.4, -0.2) is 15.3 Å². The smallest absolute Gasteiger partial charge is 0.292 e. The summed E-state index contributed by atoms with van der Waals surface area (Å²) in [6, 6.07) is 18.7. The number of halogens is 1. The predicted molar refractivity (Wildman–Crippen MR) is 119 cm³/mol. The Kier molecular flexibility index (Phi) is 4.22. The monoisotopic (exact) mass is 416 g/mol. The van der Waals surface area contributed by atoms with Gasteiger partial charge in [0.1, 0.15) is 11.6 Å². The van der Waals surface area contributed by atoms with Crippen molar-refractivity contribution in [1.82, 2.24) is 9.38 Å². The third kappa shape index (κ3) is 3.07. The first-order valence-corrected chi connectivity index (χ1v) is 9.71. The highest BCUT2D eigenvalue weighted by Gasteiger charge is 2.17. The molecular weight excluding hydrogens is 400 g/mol. The van der Waals surface area contributed by atoms with Gasteiger partial charge in [-0.2, -0.15) is 0 Å². The molecule has 3 N–H and O–H groups in total. The Morgan fingerprint density at radius 1 is 1.10 bits per heavy atom. The highest BCUT2D eigenvalue weighted by Crippen LogP contribution is 2.28. The predicted octanol–water partition coefficient (Wildman–Crippen LogP) is 5.54. The molecule has 5 rings (SSSR count). The van der Waals surface area contributed by atoms with Crippen LogP contribution in [0, 0.1) is 6.92 Å². The molecule has 3 aromatic heterocycles. The van der Waals surface area contributed by atoms with Crippen LogP contribution in [0.1, 0.15) is 16.2 Å². The fourth-order valence-electron chi connectivity index (χ4n) is 3.50. The molecule has 0 bridgehead atoms. The van der Waals surface area contributed by atoms with E-state index < -0.39 is 0 Å². The zero-order chi connectivity index (χ0) is 20.8. The second kappa shape index (κ2) is 6.93. The van der Waals surface area contributed by atoms with E-state index in [-0.39, 0.29) is 11.7 Å². The molecule has 6 nitrogen and oxygen atoms in total. The molecule has 0 radical (unpaired) electrons. The highest BCUT2D eigenvalue weighted by molar-refractivity contribution is 6.33. The molecule has 0 fully saturated rings. The number of anilines is 2. The zero-order valence-corrected chi connectivity index (χ0v) is 16.8. The molecule has 148 valence electrons. The zero-order valence-electron chi connectivity index (χ0n) is 16.0. The van der Waals surface area contributed by atoms with Crippen LogP contribution in [0.4, 0.5) is 11.5 Å². The van der Waals surface area contributed by atoms with E-state index in [0.29, 0.717) is 27.9 Å². The number of nitrogen functional groups attached to an aromatic ring is 1. The summed E-state index contributed by atoms with van der Waals surface area (Å²) in [6.45, 7) is 1.81. The average Bonchev–Trinajstić information content (AvgIpc) is 3.34. The number of nitrogens with two attached hydrogens (primary N) is 1. The molecular formula is C23H17ClN4O2. The third-order valence-corrected chi connectivity index (χ3v) is 5.28. The first-order chi connectivity index (χ1) is 14.5. The molecule has 3 heterocycles. The summed E-state index contributed by atoms with van der Waals surface area (Å²) in [5.74, 6) is 1.01. The highest BCUT2D eigenvalue weighted by atomic mass is 35.5. The van der Waals surface area contributed by atoms with E-state index >= 15 is 0 Å². The largest absolute Gasteiger partial charge is 0.451 e. The third-order valence-electron chi connectivity index (χ3n) is 4.99. The summed E-state index contributed by atoms with van der Waals surface area (Å²) in [5, 5.41) is 5.48. The molecule has 0 unspecified atom stereocenters. The van der Waals surface area contributed by atoms with Crippen molar-refractivity contribution >= 4 is 45.4 Å². The van der Waals surface area contributed by atoms with Crippen LogP contribution < -0.4 is 11.1 Å². The number of furan rings is 1. The molecule has 0 spiro atoms. The summed E-state index contributed by atoms with van der Waals surface area (Å²) in [4.78, 5) is 17.2. The number of carbonyl (C=O) groups is 1. The first kappa shape index (κ1) is 18.3. The molecule has 0 saturated heterocycles. The molecule has 1 amide bonds. The number of aryl methyl sites for hydroxylation is 1. The van der Waals surface area contributed by atoms with Crippen molar-refractivity contribution in [3.05, 3.63) is 83.3 Å². The van der Waals surface area contributed by atoms with Gasteiger partial charge in [-0.15, -0.1) is 0 Å². The Morgan fingerprint density at radius 3 is 2.77 bits per heavy atom. The number of pyridine rings is 1. The Bertz CT molecular complexity index is 1430. The maximum absolute atomic E-state index is 12.8. The number of amides is 1. The first-order valence-electron chi connectivity index (χ1n) is 9.33. The van der Waals surface area contributed by atoms with Gasteiger partial charge < -0.3 is 15.5 Å². The average molecular weight is 417 g/mol. The molecule has 0 aliphatic rings. The molecule has 0 aliphatic heterocycles. The fraction of sp³-hybridized carbons (Fsp3) is 0.0435. The second-order valence-electron chi connectivity index (χ2n) is 7.03. The number of benzene rings is 2. The summed E-state index contributed by atoms with van der Waals surface area (Å²) in [6.07, 6.45) is 1.80. The van der Waals surface area contributed by atoms with E-state index in [1.54, 1.807) is 34.9 Å². The molecule has 0 saturated carbocycles. The van der Waals surface area contributed by atoms with Crippen molar-refractivity contribution in [1.29, 1.82) is 0 Å². The van der Waals surface area contributed by atoms with E-state index in [4.69, 9.17) is 21.8 Å². The number of nitrogens with zero attached hydrogens (tertiary/aromatic N) is 2. The molecule has 0 atom stereocenters. The lowest BCUT2D eigenvalue weighted by atomic mass is 10.1. The standard InChI is InChI=1S/C23H17ClN4O2/c1-13-21(28-10-2-3-18(24)22(28)26-13)27-23(29)20-9-8-19(30-20)16-5-4-15-12-17(25)7-6-14(15)11-16/h2-12H,25H2,1H3,(H,27,29). The lowest BCUT2D eigenvalue weighted by molar-refractivity contribution is 0.0997. The van der Waals surface area contributed by atoms with Crippen molar-refractivity contribution in [2.45, 2.75) is 6.92 Å². The van der Waals surface area contributed by atoms with Crippen LogP contribution in [0.3, 0.4) is 0 Å². The summed E-state index contributed by atoms with van der Waals surface area (Å²) in [7, 11) is 0. The lowest BCUT2D eigenvalue weighted by Crippen LogP contribution is -2.13. The van der Waals surface area contributed by atoms with Gasteiger partial charge in [-0.25, -0.2) is 4.98 Å². The molecule has 7 heteroatoms. The normalized spacial score (nSPS) is 11.3. The van der Waals surface area contributed by atoms with Gasteiger partial charge in [0.2, 0.25) is 0 Å². The molecule has 30 heavy (non-hydrogen) atoms. The maximum Gasteiger partial charge on any atom is 0.292 e. The van der Waals surface area contributed by atoms with E-state index in [1.165, 1.54) is 0 Å². The van der Waals surface area contributed by atoms with Gasteiger partial charge >= 0.3 is 0 Å². The Morgan fingerprint density at radius 2 is 1.90 bits per heavy atom. The van der Waals surface area contributed by atoms with Crippen LogP contribution in [-0.2, 0) is 0 Å². The number of rotatable bonds is 3. The van der Waals surface area contributed by atoms with Crippen molar-refractivity contribution in [3.63, 3.8) is 0 Å². The summed E-state index contributed by atoms with van der Waals surface area (Å²) >= 11 is 6.20. The van der Waals surface area contributed by atoms with Gasteiger partial charge in [-0.05, 0) is 60.2 Å². The number of hydrogen-bond acceptors (Lipinski definition) is 4. The van der Waals surface area contributed by atoms with Crippen molar-refractivity contribution < 1.29 is 9.21 Å². The van der Waals surface area contributed by atoms with Crippen LogP contribution >= 0.6 is 11.6 Å². The summed E-state index contributed by atoms with van der Waals surface area (Å²) < 4.78 is 7.58. The molecule has 5 aromatic rings. The Hall–Kier alpha value is -3.77. The van der Waals surface area contributed by atoms with Crippen LogP contribution in [0.5, 0.6) is 0 Å². The van der Waals surface area contributed by atoms with Crippen LogP contribution in [0.15, 0.2) is 71.3 Å². The van der Waals surface area contributed by atoms with Gasteiger partial charge in [0.15, 0.2) is 11.4 Å². The van der Waals surface area contributed by atoms with Gasteiger partial charge in [0.05, 0.1) is 10.7 Å². The maximum atomic E-state index is 12.8. The van der Waals surface area contributed by atoms with Crippen molar-refractivity contribution in [2.75, 3.05) is 11.1 Å². The summed E-state index contributed by atoms with van der Waals surface area (Å²) in [5.41, 5.74) is 8.69. The van der Waals surface area contributed by atoms with Crippen molar-refractivity contribution in [2.24, 2.45) is 0 Å². The van der Waals surface area contributed by atoms with Gasteiger partial charge in [0, 0.05) is 17.4 Å². The Balaban J connectivity index is 1.44. The number of imidazole rings is 1. The van der Waals surface area contributed by atoms with Gasteiger partial charge in [-0.3, -0.25) is 9.20 Å². The minimum absolute atomic E-state index is 0.207. The SMILES string of the molecule is Cc1nc2c(Cl)cccn2c1NC(=O)c1ccc(-c2ccc3cc(N)ccc3c2)o1. The Labute approximate surface area is 176 Å². The number of aromatic nitrogens is 2. The quantitative estimate of drug-likeness (QED) is 0.378. The number of carbonyl (C=O) groups excluding carboxylic acids is 1. The van der Waals surface area contributed by atoms with Crippen LogP contribution in [0.25, 0.3) is 27.7 Å². The lowest BCUT2D eigenvalue weighted by Gasteiger charge is -2.05. The van der Waals surface area contributed by atoms with Crippen molar-refractivity contribution in [3.8, 4) is 11.3 Å². The molecule has 0 aliphatic carbocycles. The minimum Gasteiger partial charge on any atom is -0.451 e. The topological polar surface area (TPSA) is 85.6 Å². The van der Waals surface area contributed by atoms with E-state index in [9.17, 15) is 4.79 Å². The van der Waals surface area contributed by atoms with E-state index in [2.05, 4.69) is 10.3 Å². The van der Waals surface area contributed by atoms with E-state index in [0.717, 1.165) is 22.0 Å². The minimum atomic E-state index is -0.361. The molecule has 2 aromatic carbocycles. The number of fused-ring (bicyclic) bond motifs is 2. The second-order valence-corrected chi connectivity index (χ2v) is 7.44.